The highest BCUT2D eigenvalue weighted by molar-refractivity contribution is 9.10. The smallest absolute Gasteiger partial charge is 0.223 e. The maximum atomic E-state index is 11.9. The fourth-order valence-corrected chi connectivity index (χ4v) is 3.98. The highest BCUT2D eigenvalue weighted by Crippen LogP contribution is 2.28. The predicted octanol–water partition coefficient (Wildman–Crippen LogP) is 3.17. The summed E-state index contributed by atoms with van der Waals surface area (Å²) >= 11 is 5.27. The quantitative estimate of drug-likeness (QED) is 0.899. The van der Waals surface area contributed by atoms with E-state index in [1.54, 1.807) is 11.3 Å². The van der Waals surface area contributed by atoms with E-state index in [1.807, 2.05) is 4.90 Å². The van der Waals surface area contributed by atoms with Gasteiger partial charge in [-0.15, -0.1) is 11.3 Å². The summed E-state index contributed by atoms with van der Waals surface area (Å²) in [6.45, 7) is 4.79. The van der Waals surface area contributed by atoms with Crippen LogP contribution in [0.1, 0.15) is 37.1 Å². The number of carbonyl (C=O) groups is 1. The van der Waals surface area contributed by atoms with E-state index in [4.69, 9.17) is 0 Å². The van der Waals surface area contributed by atoms with E-state index in [1.165, 1.54) is 4.88 Å². The number of rotatable bonds is 5. The van der Waals surface area contributed by atoms with Crippen LogP contribution in [0.25, 0.3) is 0 Å². The minimum Gasteiger partial charge on any atom is -0.343 e. The number of hydrogen-bond donors (Lipinski definition) is 1. The van der Waals surface area contributed by atoms with Crippen molar-refractivity contribution in [1.29, 1.82) is 0 Å². The molecule has 1 amide bonds. The van der Waals surface area contributed by atoms with Gasteiger partial charge in [-0.1, -0.05) is 0 Å². The molecule has 1 saturated heterocycles. The molecule has 2 heterocycles. The number of nitrogens with one attached hydrogen (secondary N) is 1. The Labute approximate surface area is 121 Å². The summed E-state index contributed by atoms with van der Waals surface area (Å²) in [5.41, 5.74) is 0. The van der Waals surface area contributed by atoms with E-state index in [0.717, 1.165) is 36.9 Å². The van der Waals surface area contributed by atoms with Crippen LogP contribution < -0.4 is 5.32 Å². The molecule has 0 aromatic carbocycles. The van der Waals surface area contributed by atoms with Gasteiger partial charge in [0.1, 0.15) is 0 Å². The van der Waals surface area contributed by atoms with Crippen molar-refractivity contribution in [2.75, 3.05) is 19.6 Å². The molecule has 1 fully saturated rings. The first kappa shape index (κ1) is 14.0. The molecule has 0 radical (unpaired) electrons. The van der Waals surface area contributed by atoms with Crippen LogP contribution in [0.4, 0.5) is 0 Å². The van der Waals surface area contributed by atoms with Gasteiger partial charge in [-0.05, 0) is 47.1 Å². The zero-order chi connectivity index (χ0) is 13.0. The average molecular weight is 331 g/mol. The monoisotopic (exact) mass is 330 g/mol. The Morgan fingerprint density at radius 3 is 2.89 bits per heavy atom. The Morgan fingerprint density at radius 1 is 1.56 bits per heavy atom. The van der Waals surface area contributed by atoms with Crippen molar-refractivity contribution < 1.29 is 4.79 Å². The number of nitrogens with zero attached hydrogens (tertiary/aromatic N) is 1. The number of halogens is 1. The van der Waals surface area contributed by atoms with Crippen molar-refractivity contribution in [2.45, 2.75) is 32.2 Å². The lowest BCUT2D eigenvalue weighted by Crippen LogP contribution is -2.31. The molecule has 1 atom stereocenters. The minimum absolute atomic E-state index is 0.289. The second-order valence-electron chi connectivity index (χ2n) is 4.65. The fourth-order valence-electron chi connectivity index (χ4n) is 2.23. The van der Waals surface area contributed by atoms with Crippen LogP contribution in [0.2, 0.25) is 0 Å². The third-order valence-electron chi connectivity index (χ3n) is 3.29. The molecule has 1 N–H and O–H groups in total. The normalized spacial score (nSPS) is 17.1. The highest BCUT2D eigenvalue weighted by Gasteiger charge is 2.17. The summed E-state index contributed by atoms with van der Waals surface area (Å²) in [6.07, 6.45) is 2.93. The van der Waals surface area contributed by atoms with Crippen molar-refractivity contribution in [3.63, 3.8) is 0 Å². The molecule has 5 heteroatoms. The van der Waals surface area contributed by atoms with E-state index in [-0.39, 0.29) is 5.91 Å². The van der Waals surface area contributed by atoms with Gasteiger partial charge in [0.15, 0.2) is 0 Å². The zero-order valence-electron chi connectivity index (χ0n) is 10.6. The molecule has 1 aromatic heterocycles. The summed E-state index contributed by atoms with van der Waals surface area (Å²) in [5, 5.41) is 5.49. The first-order valence-corrected chi connectivity index (χ1v) is 8.10. The Kier molecular flexibility index (Phi) is 5.21. The van der Waals surface area contributed by atoms with Crippen LogP contribution in [0.15, 0.2) is 15.9 Å². The molecule has 3 nitrogen and oxygen atoms in total. The second-order valence-corrected chi connectivity index (χ2v) is 6.45. The summed E-state index contributed by atoms with van der Waals surface area (Å²) in [5.74, 6) is 0.289. The lowest BCUT2D eigenvalue weighted by molar-refractivity contribution is -0.130. The van der Waals surface area contributed by atoms with Crippen LogP contribution in [0, 0.1) is 0 Å². The fraction of sp³-hybridized carbons (Fsp3) is 0.615. The Morgan fingerprint density at radius 2 is 2.28 bits per heavy atom. The summed E-state index contributed by atoms with van der Waals surface area (Å²) in [6, 6.07) is 2.36. The predicted molar refractivity (Wildman–Crippen MR) is 78.9 cm³/mol. The molecule has 2 rings (SSSR count). The lowest BCUT2D eigenvalue weighted by Gasteiger charge is -2.17. The number of likely N-dealkylation sites (tertiary alicyclic amines) is 1. The van der Waals surface area contributed by atoms with E-state index in [0.29, 0.717) is 12.5 Å². The molecule has 0 saturated carbocycles. The Balaban J connectivity index is 1.72. The van der Waals surface area contributed by atoms with Crippen molar-refractivity contribution in [3.05, 3.63) is 20.8 Å². The summed E-state index contributed by atoms with van der Waals surface area (Å²) < 4.78 is 1.15. The van der Waals surface area contributed by atoms with Gasteiger partial charge in [0.2, 0.25) is 5.91 Å². The van der Waals surface area contributed by atoms with Crippen molar-refractivity contribution >= 4 is 33.2 Å². The molecule has 0 spiro atoms. The molecule has 1 aliphatic heterocycles. The van der Waals surface area contributed by atoms with Crippen LogP contribution >= 0.6 is 27.3 Å². The number of hydrogen-bond acceptors (Lipinski definition) is 3. The van der Waals surface area contributed by atoms with Crippen molar-refractivity contribution in [3.8, 4) is 0 Å². The molecule has 18 heavy (non-hydrogen) atoms. The lowest BCUT2D eigenvalue weighted by atomic mass is 10.2. The first-order valence-electron chi connectivity index (χ1n) is 6.42. The van der Waals surface area contributed by atoms with Crippen LogP contribution in [-0.2, 0) is 4.79 Å². The summed E-state index contributed by atoms with van der Waals surface area (Å²) in [7, 11) is 0. The Hall–Kier alpha value is -0.390. The molecule has 1 aromatic rings. The van der Waals surface area contributed by atoms with Crippen LogP contribution in [0.3, 0.4) is 0 Å². The van der Waals surface area contributed by atoms with Gasteiger partial charge in [0.25, 0.3) is 0 Å². The minimum atomic E-state index is 0.289. The molecule has 1 aliphatic rings. The molecule has 100 valence electrons. The van der Waals surface area contributed by atoms with Gasteiger partial charge in [0, 0.05) is 41.4 Å². The van der Waals surface area contributed by atoms with E-state index < -0.39 is 0 Å². The zero-order valence-corrected chi connectivity index (χ0v) is 13.0. The van der Waals surface area contributed by atoms with Gasteiger partial charge < -0.3 is 10.2 Å². The van der Waals surface area contributed by atoms with Crippen molar-refractivity contribution in [1.82, 2.24) is 10.2 Å². The van der Waals surface area contributed by atoms with E-state index in [9.17, 15) is 4.79 Å². The van der Waals surface area contributed by atoms with Gasteiger partial charge in [-0.3, -0.25) is 4.79 Å². The highest BCUT2D eigenvalue weighted by atomic mass is 79.9. The molecule has 0 aliphatic carbocycles. The number of thiophene rings is 1. The van der Waals surface area contributed by atoms with Crippen LogP contribution in [0.5, 0.6) is 0 Å². The third kappa shape index (κ3) is 3.56. The van der Waals surface area contributed by atoms with E-state index in [2.05, 4.69) is 39.6 Å². The maximum absolute atomic E-state index is 11.9. The maximum Gasteiger partial charge on any atom is 0.223 e. The SMILES string of the molecule is CC(NCCC(=O)N1CCCC1)c1sccc1Br. The van der Waals surface area contributed by atoms with Gasteiger partial charge >= 0.3 is 0 Å². The molecule has 1 unspecified atom stereocenters. The van der Waals surface area contributed by atoms with Crippen molar-refractivity contribution in [2.24, 2.45) is 0 Å². The van der Waals surface area contributed by atoms with Crippen LogP contribution in [-0.4, -0.2) is 30.4 Å². The van der Waals surface area contributed by atoms with Gasteiger partial charge in [-0.2, -0.15) is 0 Å². The largest absolute Gasteiger partial charge is 0.343 e. The van der Waals surface area contributed by atoms with E-state index >= 15 is 0 Å². The third-order valence-corrected chi connectivity index (χ3v) is 5.34. The first-order chi connectivity index (χ1) is 8.68. The average Bonchev–Trinajstić information content (AvgIpc) is 2.99. The second kappa shape index (κ2) is 6.68. The van der Waals surface area contributed by atoms with Gasteiger partial charge in [-0.25, -0.2) is 0 Å². The van der Waals surface area contributed by atoms with Gasteiger partial charge in [0.05, 0.1) is 0 Å². The molecular weight excluding hydrogens is 312 g/mol. The summed E-state index contributed by atoms with van der Waals surface area (Å²) in [4.78, 5) is 15.1. The number of amides is 1. The molecular formula is C13H19BrN2OS. The standard InChI is InChI=1S/C13H19BrN2OS/c1-10(13-11(14)5-9-18-13)15-6-4-12(17)16-7-2-3-8-16/h5,9-10,15H,2-4,6-8H2,1H3. The Bertz CT molecular complexity index is 401. The topological polar surface area (TPSA) is 32.3 Å². The molecule has 0 bridgehead atoms. The number of carbonyl (C=O) groups excluding carboxylic acids is 1.